The van der Waals surface area contributed by atoms with Crippen molar-refractivity contribution >= 4 is 15.9 Å². The van der Waals surface area contributed by atoms with Crippen LogP contribution in [0.1, 0.15) is 5.56 Å². The minimum Gasteiger partial charge on any atom is -0.310 e. The molecule has 0 spiro atoms. The molecule has 4 heteroatoms. The van der Waals surface area contributed by atoms with Gasteiger partial charge in [0.05, 0.1) is 0 Å². The Hall–Kier alpha value is -0.480. The summed E-state index contributed by atoms with van der Waals surface area (Å²) in [6.45, 7) is 0.177. The fourth-order valence-electron chi connectivity index (χ4n) is 0.969. The standard InChI is InChI=1S/C9H10BrF2N/c10-8-1-2-9(12)7(5-8)6-13-4-3-11/h1-2,5,13H,3-4,6H2. The molecule has 13 heavy (non-hydrogen) atoms. The van der Waals surface area contributed by atoms with Gasteiger partial charge in [0.25, 0.3) is 0 Å². The highest BCUT2D eigenvalue weighted by molar-refractivity contribution is 9.10. The van der Waals surface area contributed by atoms with Crippen LogP contribution in [-0.2, 0) is 6.54 Å². The summed E-state index contributed by atoms with van der Waals surface area (Å²) < 4.78 is 25.6. The first-order chi connectivity index (χ1) is 6.24. The predicted molar refractivity (Wildman–Crippen MR) is 51.8 cm³/mol. The van der Waals surface area contributed by atoms with E-state index < -0.39 is 6.67 Å². The molecule has 0 amide bonds. The van der Waals surface area contributed by atoms with E-state index in [1.807, 2.05) is 0 Å². The number of nitrogens with one attached hydrogen (secondary N) is 1. The number of rotatable bonds is 4. The number of halogens is 3. The van der Waals surface area contributed by atoms with E-state index in [2.05, 4.69) is 21.2 Å². The molecule has 1 aromatic carbocycles. The van der Waals surface area contributed by atoms with Gasteiger partial charge in [0.15, 0.2) is 0 Å². The number of benzene rings is 1. The minimum atomic E-state index is -0.435. The first kappa shape index (κ1) is 10.6. The maximum absolute atomic E-state index is 13.0. The van der Waals surface area contributed by atoms with E-state index in [1.54, 1.807) is 12.1 Å². The van der Waals surface area contributed by atoms with Crippen molar-refractivity contribution in [2.45, 2.75) is 6.54 Å². The van der Waals surface area contributed by atoms with Gasteiger partial charge in [-0.1, -0.05) is 15.9 Å². The van der Waals surface area contributed by atoms with Crippen LogP contribution in [0.3, 0.4) is 0 Å². The van der Waals surface area contributed by atoms with Gasteiger partial charge in [-0.3, -0.25) is 0 Å². The van der Waals surface area contributed by atoms with Gasteiger partial charge in [0.1, 0.15) is 12.5 Å². The fourth-order valence-corrected chi connectivity index (χ4v) is 1.38. The van der Waals surface area contributed by atoms with Crippen molar-refractivity contribution < 1.29 is 8.78 Å². The van der Waals surface area contributed by atoms with Crippen molar-refractivity contribution in [3.63, 3.8) is 0 Å². The van der Waals surface area contributed by atoms with Crippen LogP contribution in [0.25, 0.3) is 0 Å². The average Bonchev–Trinajstić information content (AvgIpc) is 2.11. The van der Waals surface area contributed by atoms with Gasteiger partial charge in [0, 0.05) is 23.1 Å². The van der Waals surface area contributed by atoms with Gasteiger partial charge < -0.3 is 5.32 Å². The van der Waals surface area contributed by atoms with Crippen LogP contribution in [0, 0.1) is 5.82 Å². The SMILES string of the molecule is FCCNCc1cc(Br)ccc1F. The molecule has 0 atom stereocenters. The monoisotopic (exact) mass is 249 g/mol. The molecule has 0 aromatic heterocycles. The molecule has 0 aliphatic rings. The molecule has 0 bridgehead atoms. The summed E-state index contributed by atoms with van der Waals surface area (Å²) >= 11 is 3.24. The molecule has 72 valence electrons. The van der Waals surface area contributed by atoms with Crippen LogP contribution in [0.5, 0.6) is 0 Å². The molecule has 1 N–H and O–H groups in total. The van der Waals surface area contributed by atoms with E-state index in [0.717, 1.165) is 4.47 Å². The zero-order chi connectivity index (χ0) is 9.68. The fraction of sp³-hybridized carbons (Fsp3) is 0.333. The first-order valence-electron chi connectivity index (χ1n) is 3.94. The third-order valence-corrected chi connectivity index (χ3v) is 2.09. The summed E-state index contributed by atoms with van der Waals surface area (Å²) in [7, 11) is 0. The first-order valence-corrected chi connectivity index (χ1v) is 4.74. The minimum absolute atomic E-state index is 0.256. The second-order valence-electron chi connectivity index (χ2n) is 2.60. The second kappa shape index (κ2) is 5.29. The molecule has 0 radical (unpaired) electrons. The maximum atomic E-state index is 13.0. The van der Waals surface area contributed by atoms with Gasteiger partial charge in [-0.05, 0) is 18.2 Å². The van der Waals surface area contributed by atoms with Crippen LogP contribution in [0.4, 0.5) is 8.78 Å². The van der Waals surface area contributed by atoms with E-state index in [0.29, 0.717) is 12.1 Å². The molecular formula is C9H10BrF2N. The zero-order valence-electron chi connectivity index (χ0n) is 6.99. The van der Waals surface area contributed by atoms with E-state index in [4.69, 9.17) is 0 Å². The van der Waals surface area contributed by atoms with Gasteiger partial charge in [-0.15, -0.1) is 0 Å². The molecule has 0 unspecified atom stereocenters. The quantitative estimate of drug-likeness (QED) is 0.810. The normalized spacial score (nSPS) is 10.4. The smallest absolute Gasteiger partial charge is 0.127 e. The second-order valence-corrected chi connectivity index (χ2v) is 3.52. The summed E-state index contributed by atoms with van der Waals surface area (Å²) in [5.74, 6) is -0.269. The van der Waals surface area contributed by atoms with Crippen molar-refractivity contribution in [1.29, 1.82) is 0 Å². The van der Waals surface area contributed by atoms with Crippen molar-refractivity contribution in [2.75, 3.05) is 13.2 Å². The number of alkyl halides is 1. The highest BCUT2D eigenvalue weighted by Crippen LogP contribution is 2.15. The zero-order valence-corrected chi connectivity index (χ0v) is 8.57. The van der Waals surface area contributed by atoms with E-state index in [9.17, 15) is 8.78 Å². The van der Waals surface area contributed by atoms with Crippen molar-refractivity contribution in [2.24, 2.45) is 0 Å². The topological polar surface area (TPSA) is 12.0 Å². The summed E-state index contributed by atoms with van der Waals surface area (Å²) in [6, 6.07) is 4.70. The van der Waals surface area contributed by atoms with E-state index in [1.165, 1.54) is 6.07 Å². The molecular weight excluding hydrogens is 240 g/mol. The predicted octanol–water partition coefficient (Wildman–Crippen LogP) is 2.65. The Balaban J connectivity index is 2.59. The summed E-state index contributed by atoms with van der Waals surface area (Å²) in [4.78, 5) is 0. The molecule has 1 aromatic rings. The number of hydrogen-bond acceptors (Lipinski definition) is 1. The molecule has 0 saturated heterocycles. The van der Waals surface area contributed by atoms with Crippen molar-refractivity contribution in [1.82, 2.24) is 5.32 Å². The Morgan fingerprint density at radius 1 is 1.38 bits per heavy atom. The summed E-state index contributed by atoms with van der Waals surface area (Å²) in [6.07, 6.45) is 0. The average molecular weight is 250 g/mol. The maximum Gasteiger partial charge on any atom is 0.127 e. The van der Waals surface area contributed by atoms with E-state index >= 15 is 0 Å². The molecule has 0 aliphatic heterocycles. The van der Waals surface area contributed by atoms with Crippen LogP contribution in [-0.4, -0.2) is 13.2 Å². The lowest BCUT2D eigenvalue weighted by Gasteiger charge is -2.04. The number of hydrogen-bond donors (Lipinski definition) is 1. The van der Waals surface area contributed by atoms with Gasteiger partial charge >= 0.3 is 0 Å². The lowest BCUT2D eigenvalue weighted by molar-refractivity contribution is 0.463. The van der Waals surface area contributed by atoms with Crippen molar-refractivity contribution in [3.05, 3.63) is 34.1 Å². The molecule has 0 fully saturated rings. The Kier molecular flexibility index (Phi) is 4.32. The molecule has 0 heterocycles. The molecule has 1 nitrogen and oxygen atoms in total. The molecule has 0 aliphatic carbocycles. The van der Waals surface area contributed by atoms with Crippen molar-refractivity contribution in [3.8, 4) is 0 Å². The van der Waals surface area contributed by atoms with E-state index in [-0.39, 0.29) is 12.4 Å². The third kappa shape index (κ3) is 3.40. The highest BCUT2D eigenvalue weighted by atomic mass is 79.9. The lowest BCUT2D eigenvalue weighted by Crippen LogP contribution is -2.16. The Bertz CT molecular complexity index is 278. The molecule has 0 saturated carbocycles. The Morgan fingerprint density at radius 3 is 2.85 bits per heavy atom. The third-order valence-electron chi connectivity index (χ3n) is 1.59. The lowest BCUT2D eigenvalue weighted by atomic mass is 10.2. The van der Waals surface area contributed by atoms with Crippen LogP contribution in [0.15, 0.2) is 22.7 Å². The highest BCUT2D eigenvalue weighted by Gasteiger charge is 2.01. The van der Waals surface area contributed by atoms with Crippen LogP contribution < -0.4 is 5.32 Å². The summed E-state index contributed by atoms with van der Waals surface area (Å²) in [5.41, 5.74) is 0.544. The summed E-state index contributed by atoms with van der Waals surface area (Å²) in [5, 5.41) is 2.78. The van der Waals surface area contributed by atoms with Gasteiger partial charge in [-0.2, -0.15) is 0 Å². The Labute approximate surface area is 84.3 Å². The van der Waals surface area contributed by atoms with Gasteiger partial charge in [0.2, 0.25) is 0 Å². The van der Waals surface area contributed by atoms with Gasteiger partial charge in [-0.25, -0.2) is 8.78 Å². The van der Waals surface area contributed by atoms with Crippen LogP contribution in [0.2, 0.25) is 0 Å². The Morgan fingerprint density at radius 2 is 2.15 bits per heavy atom. The van der Waals surface area contributed by atoms with Crippen LogP contribution >= 0.6 is 15.9 Å². The largest absolute Gasteiger partial charge is 0.310 e. The molecule has 1 rings (SSSR count).